The van der Waals surface area contributed by atoms with Crippen molar-refractivity contribution in [2.45, 2.75) is 6.92 Å². The van der Waals surface area contributed by atoms with Crippen LogP contribution in [0.15, 0.2) is 41.7 Å². The van der Waals surface area contributed by atoms with E-state index in [1.807, 2.05) is 31.2 Å². The topological polar surface area (TPSA) is 25.2 Å². The minimum atomic E-state index is 0.595. The van der Waals surface area contributed by atoms with Crippen molar-refractivity contribution >= 4 is 34.7 Å². The van der Waals surface area contributed by atoms with E-state index in [1.165, 1.54) is 0 Å². The van der Waals surface area contributed by atoms with E-state index in [4.69, 9.17) is 11.6 Å². The standard InChI is InChI=1S/C13H9ClN2S/c1-9-2-3-11(13(6-9)16-8-17)10-4-5-15-7-12(10)14/h2-7H,1H3. The molecule has 1 aromatic carbocycles. The van der Waals surface area contributed by atoms with Crippen molar-refractivity contribution in [3.8, 4) is 11.1 Å². The predicted octanol–water partition coefficient (Wildman–Crippen LogP) is 4.44. The van der Waals surface area contributed by atoms with Gasteiger partial charge in [0.1, 0.15) is 0 Å². The number of nitrogens with zero attached hydrogens (tertiary/aromatic N) is 2. The second kappa shape index (κ2) is 5.19. The molecule has 0 saturated heterocycles. The second-order valence-electron chi connectivity index (χ2n) is 3.58. The number of hydrogen-bond acceptors (Lipinski definition) is 3. The SMILES string of the molecule is Cc1ccc(-c2ccncc2Cl)c(N=C=S)c1. The molecule has 0 radical (unpaired) electrons. The third-order valence-corrected chi connectivity index (χ3v) is 2.77. The Kier molecular flexibility index (Phi) is 3.64. The summed E-state index contributed by atoms with van der Waals surface area (Å²) in [6.45, 7) is 2.00. The van der Waals surface area contributed by atoms with Crippen LogP contribution < -0.4 is 0 Å². The Morgan fingerprint density at radius 1 is 1.29 bits per heavy atom. The van der Waals surface area contributed by atoms with Crippen LogP contribution in [0, 0.1) is 6.92 Å². The molecule has 84 valence electrons. The average molecular weight is 261 g/mol. The number of halogens is 1. The summed E-state index contributed by atoms with van der Waals surface area (Å²) in [7, 11) is 0. The van der Waals surface area contributed by atoms with Gasteiger partial charge in [-0.05, 0) is 36.8 Å². The molecule has 1 aromatic heterocycles. The summed E-state index contributed by atoms with van der Waals surface area (Å²) >= 11 is 10.8. The molecule has 0 fully saturated rings. The minimum absolute atomic E-state index is 0.595. The maximum absolute atomic E-state index is 6.12. The van der Waals surface area contributed by atoms with Gasteiger partial charge in [0.05, 0.1) is 15.9 Å². The van der Waals surface area contributed by atoms with Crippen molar-refractivity contribution in [3.63, 3.8) is 0 Å². The van der Waals surface area contributed by atoms with Crippen molar-refractivity contribution in [3.05, 3.63) is 47.2 Å². The number of aryl methyl sites for hydroxylation is 1. The highest BCUT2D eigenvalue weighted by Crippen LogP contribution is 2.34. The molecule has 2 nitrogen and oxygen atoms in total. The van der Waals surface area contributed by atoms with Crippen molar-refractivity contribution in [1.29, 1.82) is 0 Å². The Morgan fingerprint density at radius 2 is 2.12 bits per heavy atom. The molecular weight excluding hydrogens is 252 g/mol. The minimum Gasteiger partial charge on any atom is -0.263 e. The molecule has 0 aliphatic carbocycles. The van der Waals surface area contributed by atoms with Crippen molar-refractivity contribution in [2.75, 3.05) is 0 Å². The van der Waals surface area contributed by atoms with Gasteiger partial charge in [-0.3, -0.25) is 4.98 Å². The van der Waals surface area contributed by atoms with Gasteiger partial charge in [-0.2, -0.15) is 4.99 Å². The lowest BCUT2D eigenvalue weighted by molar-refractivity contribution is 1.33. The third kappa shape index (κ3) is 2.59. The van der Waals surface area contributed by atoms with Gasteiger partial charge in [0.15, 0.2) is 0 Å². The number of aromatic nitrogens is 1. The fraction of sp³-hybridized carbons (Fsp3) is 0.0769. The van der Waals surface area contributed by atoms with Crippen LogP contribution >= 0.6 is 23.8 Å². The van der Waals surface area contributed by atoms with Gasteiger partial charge < -0.3 is 0 Å². The summed E-state index contributed by atoms with van der Waals surface area (Å²) in [6.07, 6.45) is 3.31. The van der Waals surface area contributed by atoms with E-state index in [2.05, 4.69) is 27.4 Å². The molecule has 0 aliphatic rings. The fourth-order valence-corrected chi connectivity index (χ4v) is 1.92. The number of pyridine rings is 1. The van der Waals surface area contributed by atoms with Gasteiger partial charge in [-0.1, -0.05) is 23.7 Å². The molecule has 4 heteroatoms. The first-order valence-corrected chi connectivity index (χ1v) is 5.79. The van der Waals surface area contributed by atoms with Gasteiger partial charge in [-0.25, -0.2) is 0 Å². The van der Waals surface area contributed by atoms with Gasteiger partial charge in [0.25, 0.3) is 0 Å². The van der Waals surface area contributed by atoms with E-state index in [1.54, 1.807) is 12.4 Å². The number of thiocarbonyl (C=S) groups is 1. The molecule has 0 aliphatic heterocycles. The van der Waals surface area contributed by atoms with Gasteiger partial charge >= 0.3 is 0 Å². The number of benzene rings is 1. The summed E-state index contributed by atoms with van der Waals surface area (Å²) in [5, 5.41) is 2.99. The van der Waals surface area contributed by atoms with E-state index < -0.39 is 0 Å². The average Bonchev–Trinajstić information content (AvgIpc) is 2.31. The molecule has 2 rings (SSSR count). The van der Waals surface area contributed by atoms with Crippen LogP contribution in [-0.2, 0) is 0 Å². The zero-order chi connectivity index (χ0) is 12.3. The molecule has 0 spiro atoms. The molecule has 0 unspecified atom stereocenters. The van der Waals surface area contributed by atoms with E-state index in [-0.39, 0.29) is 0 Å². The molecule has 2 aromatic rings. The van der Waals surface area contributed by atoms with E-state index >= 15 is 0 Å². The lowest BCUT2D eigenvalue weighted by atomic mass is 10.0. The van der Waals surface area contributed by atoms with Crippen LogP contribution in [-0.4, -0.2) is 10.1 Å². The Labute approximate surface area is 110 Å². The highest BCUT2D eigenvalue weighted by Gasteiger charge is 2.08. The highest BCUT2D eigenvalue weighted by atomic mass is 35.5. The molecule has 0 bridgehead atoms. The van der Waals surface area contributed by atoms with E-state index in [0.717, 1.165) is 22.4 Å². The summed E-state index contributed by atoms with van der Waals surface area (Å²) in [4.78, 5) is 8.04. The third-order valence-electron chi connectivity index (χ3n) is 2.38. The Morgan fingerprint density at radius 3 is 2.82 bits per heavy atom. The highest BCUT2D eigenvalue weighted by molar-refractivity contribution is 7.78. The number of isothiocyanates is 1. The monoisotopic (exact) mass is 260 g/mol. The molecule has 0 N–H and O–H groups in total. The normalized spacial score (nSPS) is 9.76. The van der Waals surface area contributed by atoms with Crippen LogP contribution in [0.1, 0.15) is 5.56 Å². The van der Waals surface area contributed by atoms with Crippen LogP contribution in [0.25, 0.3) is 11.1 Å². The fourth-order valence-electron chi connectivity index (χ4n) is 1.60. The van der Waals surface area contributed by atoms with Crippen molar-refractivity contribution < 1.29 is 0 Å². The van der Waals surface area contributed by atoms with Crippen LogP contribution in [0.5, 0.6) is 0 Å². The molecule has 1 heterocycles. The first-order chi connectivity index (χ1) is 8.22. The van der Waals surface area contributed by atoms with Crippen LogP contribution in [0.3, 0.4) is 0 Å². The van der Waals surface area contributed by atoms with Gasteiger partial charge in [-0.15, -0.1) is 0 Å². The zero-order valence-electron chi connectivity index (χ0n) is 9.14. The summed E-state index contributed by atoms with van der Waals surface area (Å²) < 4.78 is 0. The number of rotatable bonds is 2. The first-order valence-electron chi connectivity index (χ1n) is 5.01. The summed E-state index contributed by atoms with van der Waals surface area (Å²) in [6, 6.07) is 7.79. The van der Waals surface area contributed by atoms with Crippen LogP contribution in [0.4, 0.5) is 5.69 Å². The smallest absolute Gasteiger partial charge is 0.0821 e. The Hall–Kier alpha value is -1.54. The predicted molar refractivity (Wildman–Crippen MR) is 74.1 cm³/mol. The summed E-state index contributed by atoms with van der Waals surface area (Å²) in [5.41, 5.74) is 3.71. The molecule has 0 atom stereocenters. The number of hydrogen-bond donors (Lipinski definition) is 0. The van der Waals surface area contributed by atoms with Crippen molar-refractivity contribution in [1.82, 2.24) is 4.98 Å². The maximum Gasteiger partial charge on any atom is 0.0821 e. The molecule has 0 saturated carbocycles. The summed E-state index contributed by atoms with van der Waals surface area (Å²) in [5.74, 6) is 0. The first kappa shape index (κ1) is 11.9. The van der Waals surface area contributed by atoms with E-state index in [9.17, 15) is 0 Å². The molecule has 0 amide bonds. The lowest BCUT2D eigenvalue weighted by Gasteiger charge is -2.07. The van der Waals surface area contributed by atoms with Gasteiger partial charge in [0, 0.05) is 23.5 Å². The molecule has 17 heavy (non-hydrogen) atoms. The quantitative estimate of drug-likeness (QED) is 0.589. The molecular formula is C13H9ClN2S. The van der Waals surface area contributed by atoms with E-state index in [0.29, 0.717) is 5.02 Å². The van der Waals surface area contributed by atoms with Crippen LogP contribution in [0.2, 0.25) is 5.02 Å². The largest absolute Gasteiger partial charge is 0.263 e. The number of aliphatic imine (C=N–C) groups is 1. The Balaban J connectivity index is 2.67. The maximum atomic E-state index is 6.12. The van der Waals surface area contributed by atoms with Gasteiger partial charge in [0.2, 0.25) is 0 Å². The van der Waals surface area contributed by atoms with Crippen molar-refractivity contribution in [2.24, 2.45) is 4.99 Å². The second-order valence-corrected chi connectivity index (χ2v) is 4.17. The lowest BCUT2D eigenvalue weighted by Crippen LogP contribution is -1.83. The zero-order valence-corrected chi connectivity index (χ0v) is 10.7. The Bertz CT molecular complexity index is 604.